The van der Waals surface area contributed by atoms with Crippen LogP contribution in [0.4, 0.5) is 0 Å². The summed E-state index contributed by atoms with van der Waals surface area (Å²) in [6, 6.07) is 19.9. The van der Waals surface area contributed by atoms with Crippen molar-refractivity contribution in [2.75, 3.05) is 0 Å². The molecule has 0 N–H and O–H groups in total. The Kier molecular flexibility index (Phi) is 2.87. The first-order valence-corrected chi connectivity index (χ1v) is 6.71. The molecule has 0 amide bonds. The molecule has 0 unspecified atom stereocenters. The van der Waals surface area contributed by atoms with E-state index in [4.69, 9.17) is 0 Å². The molecule has 0 aromatic heterocycles. The predicted octanol–water partition coefficient (Wildman–Crippen LogP) is 5.43. The summed E-state index contributed by atoms with van der Waals surface area (Å²) >= 11 is 0. The summed E-state index contributed by atoms with van der Waals surface area (Å²) in [6.07, 6.45) is 0. The summed E-state index contributed by atoms with van der Waals surface area (Å²) in [6.45, 7) is 6.48. The minimum absolute atomic E-state index is 1.29. The smallest absolute Gasteiger partial charge is 0.0175 e. The van der Waals surface area contributed by atoms with E-state index in [1.807, 2.05) is 0 Å². The van der Waals surface area contributed by atoms with Crippen molar-refractivity contribution in [3.8, 4) is 11.1 Å². The van der Waals surface area contributed by atoms with Crippen molar-refractivity contribution in [1.82, 2.24) is 0 Å². The molecule has 0 aliphatic heterocycles. The molecule has 0 nitrogen and oxygen atoms in total. The zero-order valence-corrected chi connectivity index (χ0v) is 11.7. The maximum atomic E-state index is 2.29. The average Bonchev–Trinajstić information content (AvgIpc) is 2.39. The van der Waals surface area contributed by atoms with Crippen molar-refractivity contribution in [1.29, 1.82) is 0 Å². The molecule has 0 saturated heterocycles. The lowest BCUT2D eigenvalue weighted by Crippen LogP contribution is -1.84. The Morgan fingerprint density at radius 3 is 2.00 bits per heavy atom. The lowest BCUT2D eigenvalue weighted by molar-refractivity contribution is 1.36. The monoisotopic (exact) mass is 246 g/mol. The molecule has 0 heterocycles. The largest absolute Gasteiger partial charge is 0.0614 e. The van der Waals surface area contributed by atoms with Gasteiger partial charge in [-0.15, -0.1) is 0 Å². The average molecular weight is 246 g/mol. The van der Waals surface area contributed by atoms with E-state index in [0.717, 1.165) is 0 Å². The molecule has 0 saturated carbocycles. The van der Waals surface area contributed by atoms with Crippen molar-refractivity contribution in [2.45, 2.75) is 20.8 Å². The van der Waals surface area contributed by atoms with E-state index in [1.54, 1.807) is 0 Å². The van der Waals surface area contributed by atoms with Gasteiger partial charge in [0.25, 0.3) is 0 Å². The standard InChI is InChI=1S/C19H18/c1-13-5-4-6-16(9-13)18-8-7-17-10-14(2)15(3)11-19(17)12-18/h4-12H,1-3H3. The third-order valence-corrected chi connectivity index (χ3v) is 3.80. The van der Waals surface area contributed by atoms with E-state index in [1.165, 1.54) is 38.6 Å². The maximum Gasteiger partial charge on any atom is -0.0175 e. The zero-order chi connectivity index (χ0) is 13.4. The summed E-state index contributed by atoms with van der Waals surface area (Å²) in [5.41, 5.74) is 6.60. The Balaban J connectivity index is 2.19. The van der Waals surface area contributed by atoms with E-state index in [-0.39, 0.29) is 0 Å². The van der Waals surface area contributed by atoms with Crippen LogP contribution in [0.5, 0.6) is 0 Å². The fourth-order valence-electron chi connectivity index (χ4n) is 2.53. The highest BCUT2D eigenvalue weighted by Crippen LogP contribution is 2.26. The Morgan fingerprint density at radius 2 is 1.26 bits per heavy atom. The summed E-state index contributed by atoms with van der Waals surface area (Å²) in [7, 11) is 0. The molecule has 0 radical (unpaired) electrons. The van der Waals surface area contributed by atoms with Crippen LogP contribution in [0.2, 0.25) is 0 Å². The van der Waals surface area contributed by atoms with E-state index in [2.05, 4.69) is 75.4 Å². The van der Waals surface area contributed by atoms with Gasteiger partial charge in [-0.1, -0.05) is 54.1 Å². The van der Waals surface area contributed by atoms with Crippen molar-refractivity contribution in [3.63, 3.8) is 0 Å². The van der Waals surface area contributed by atoms with Gasteiger partial charge in [-0.2, -0.15) is 0 Å². The molecule has 0 aliphatic carbocycles. The molecule has 3 aromatic carbocycles. The molecule has 3 rings (SSSR count). The highest BCUT2D eigenvalue weighted by molar-refractivity contribution is 5.88. The van der Waals surface area contributed by atoms with Gasteiger partial charge in [0.05, 0.1) is 0 Å². The molecule has 19 heavy (non-hydrogen) atoms. The van der Waals surface area contributed by atoms with Crippen molar-refractivity contribution in [2.24, 2.45) is 0 Å². The maximum absolute atomic E-state index is 2.29. The Labute approximate surface area is 114 Å². The van der Waals surface area contributed by atoms with Gasteiger partial charge in [-0.3, -0.25) is 0 Å². The number of rotatable bonds is 1. The lowest BCUT2D eigenvalue weighted by atomic mass is 9.97. The van der Waals surface area contributed by atoms with Crippen LogP contribution in [0.1, 0.15) is 16.7 Å². The zero-order valence-electron chi connectivity index (χ0n) is 11.7. The second kappa shape index (κ2) is 4.55. The molecule has 0 bridgehead atoms. The molecular formula is C19H18. The molecule has 0 fully saturated rings. The number of fused-ring (bicyclic) bond motifs is 1. The quantitative estimate of drug-likeness (QED) is 0.537. The topological polar surface area (TPSA) is 0 Å². The van der Waals surface area contributed by atoms with Gasteiger partial charge >= 0.3 is 0 Å². The summed E-state index contributed by atoms with van der Waals surface area (Å²) < 4.78 is 0. The fourth-order valence-corrected chi connectivity index (χ4v) is 2.53. The second-order valence-corrected chi connectivity index (χ2v) is 5.37. The van der Waals surface area contributed by atoms with Crippen molar-refractivity contribution >= 4 is 10.8 Å². The van der Waals surface area contributed by atoms with Crippen LogP contribution in [0.15, 0.2) is 54.6 Å². The molecule has 0 atom stereocenters. The number of aryl methyl sites for hydroxylation is 3. The van der Waals surface area contributed by atoms with Crippen molar-refractivity contribution < 1.29 is 0 Å². The predicted molar refractivity (Wildman–Crippen MR) is 83.6 cm³/mol. The molecule has 94 valence electrons. The van der Waals surface area contributed by atoms with Crippen LogP contribution in [0.25, 0.3) is 21.9 Å². The minimum Gasteiger partial charge on any atom is -0.0614 e. The fraction of sp³-hybridized carbons (Fsp3) is 0.158. The van der Waals surface area contributed by atoms with Crippen LogP contribution in [-0.2, 0) is 0 Å². The highest BCUT2D eigenvalue weighted by atomic mass is 14.1. The van der Waals surface area contributed by atoms with Gasteiger partial charge in [-0.05, 0) is 59.9 Å². The van der Waals surface area contributed by atoms with Crippen LogP contribution in [0.3, 0.4) is 0 Å². The first kappa shape index (κ1) is 12.0. The Hall–Kier alpha value is -2.08. The van der Waals surface area contributed by atoms with E-state index in [9.17, 15) is 0 Å². The molecule has 3 aromatic rings. The van der Waals surface area contributed by atoms with Gasteiger partial charge in [0.15, 0.2) is 0 Å². The van der Waals surface area contributed by atoms with Gasteiger partial charge < -0.3 is 0 Å². The van der Waals surface area contributed by atoms with Crippen LogP contribution in [0, 0.1) is 20.8 Å². The molecule has 0 aliphatic rings. The first-order chi connectivity index (χ1) is 9.13. The van der Waals surface area contributed by atoms with E-state index >= 15 is 0 Å². The van der Waals surface area contributed by atoms with Gasteiger partial charge in [0, 0.05) is 0 Å². The second-order valence-electron chi connectivity index (χ2n) is 5.37. The minimum atomic E-state index is 1.29. The van der Waals surface area contributed by atoms with Gasteiger partial charge in [0.2, 0.25) is 0 Å². The van der Waals surface area contributed by atoms with E-state index < -0.39 is 0 Å². The van der Waals surface area contributed by atoms with Crippen LogP contribution >= 0.6 is 0 Å². The van der Waals surface area contributed by atoms with Crippen LogP contribution in [-0.4, -0.2) is 0 Å². The van der Waals surface area contributed by atoms with Gasteiger partial charge in [-0.25, -0.2) is 0 Å². The number of hydrogen-bond acceptors (Lipinski definition) is 0. The SMILES string of the molecule is Cc1cccc(-c2ccc3cc(C)c(C)cc3c2)c1. The van der Waals surface area contributed by atoms with E-state index in [0.29, 0.717) is 0 Å². The first-order valence-electron chi connectivity index (χ1n) is 6.71. The van der Waals surface area contributed by atoms with Gasteiger partial charge in [0.1, 0.15) is 0 Å². The lowest BCUT2D eigenvalue weighted by Gasteiger charge is -2.07. The molecule has 0 spiro atoms. The van der Waals surface area contributed by atoms with Crippen molar-refractivity contribution in [3.05, 3.63) is 71.3 Å². The third-order valence-electron chi connectivity index (χ3n) is 3.80. The summed E-state index contributed by atoms with van der Waals surface area (Å²) in [4.78, 5) is 0. The molecule has 0 heteroatoms. The molecular weight excluding hydrogens is 228 g/mol. The Bertz CT molecular complexity index is 751. The summed E-state index contributed by atoms with van der Waals surface area (Å²) in [5.74, 6) is 0. The summed E-state index contributed by atoms with van der Waals surface area (Å²) in [5, 5.41) is 2.64. The number of hydrogen-bond donors (Lipinski definition) is 0. The number of benzene rings is 3. The third kappa shape index (κ3) is 2.26. The highest BCUT2D eigenvalue weighted by Gasteiger charge is 2.02. The Morgan fingerprint density at radius 1 is 0.579 bits per heavy atom. The normalized spacial score (nSPS) is 10.9. The van der Waals surface area contributed by atoms with Crippen LogP contribution < -0.4 is 0 Å².